The van der Waals surface area contributed by atoms with E-state index >= 15 is 0 Å². The summed E-state index contributed by atoms with van der Waals surface area (Å²) in [6.07, 6.45) is 0. The van der Waals surface area contributed by atoms with E-state index in [1.807, 2.05) is 0 Å². The van der Waals surface area contributed by atoms with Gasteiger partial charge in [-0.05, 0) is 44.5 Å². The molecule has 1 nitrogen and oxygen atoms in total. The van der Waals surface area contributed by atoms with Gasteiger partial charge in [-0.1, -0.05) is 154 Å². The number of aromatic nitrogens is 1. The largest absolute Gasteiger partial charge is 0.247 e. The molecule has 7 aromatic rings. The zero-order valence-electron chi connectivity index (χ0n) is 24.1. The van der Waals surface area contributed by atoms with Crippen LogP contribution in [0.2, 0.25) is 0 Å². The fourth-order valence-corrected chi connectivity index (χ4v) is 6.85. The Hall–Kier alpha value is -4.69. The molecule has 0 amide bonds. The van der Waals surface area contributed by atoms with Gasteiger partial charge in [0.15, 0.2) is 0 Å². The maximum Gasteiger partial charge on any atom is 0.242 e. The van der Waals surface area contributed by atoms with Crippen molar-refractivity contribution in [3.63, 3.8) is 0 Å². The summed E-state index contributed by atoms with van der Waals surface area (Å²) >= 11 is 0. The fourth-order valence-electron chi connectivity index (χ4n) is 6.85. The second kappa shape index (κ2) is 10.1. The third-order valence-corrected chi connectivity index (χ3v) is 8.74. The molecule has 0 N–H and O–H groups in total. The van der Waals surface area contributed by atoms with E-state index in [-0.39, 0.29) is 6.71 Å². The van der Waals surface area contributed by atoms with Crippen LogP contribution in [0.1, 0.15) is 22.3 Å². The van der Waals surface area contributed by atoms with E-state index in [1.165, 1.54) is 65.6 Å². The van der Waals surface area contributed by atoms with Crippen LogP contribution in [0, 0.1) is 27.7 Å². The highest BCUT2D eigenvalue weighted by atomic mass is 14.7. The minimum Gasteiger partial charge on any atom is -0.247 e. The summed E-state index contributed by atoms with van der Waals surface area (Å²) in [5.74, 6) is 0. The van der Waals surface area contributed by atoms with E-state index in [0.29, 0.717) is 0 Å². The highest BCUT2D eigenvalue weighted by molar-refractivity contribution is 6.96. The molecule has 2 heteroatoms. The first-order chi connectivity index (χ1) is 20.0. The van der Waals surface area contributed by atoms with E-state index < -0.39 is 0 Å². The second-order valence-electron chi connectivity index (χ2n) is 11.4. The zero-order valence-corrected chi connectivity index (χ0v) is 24.1. The van der Waals surface area contributed by atoms with Gasteiger partial charge in [0.25, 0.3) is 0 Å². The number of hydrogen-bond acceptors (Lipinski definition) is 1. The molecule has 0 spiro atoms. The van der Waals surface area contributed by atoms with Crippen LogP contribution < -0.4 is 16.4 Å². The fraction of sp³-hybridized carbons (Fsp3) is 0.103. The van der Waals surface area contributed by atoms with E-state index in [4.69, 9.17) is 4.98 Å². The van der Waals surface area contributed by atoms with Crippen molar-refractivity contribution >= 4 is 55.5 Å². The number of rotatable bonds is 4. The molecular weight excluding hydrogens is 493 g/mol. The van der Waals surface area contributed by atoms with Gasteiger partial charge in [0, 0.05) is 21.7 Å². The summed E-state index contributed by atoms with van der Waals surface area (Å²) in [6, 6.07) is 44.2. The molecule has 41 heavy (non-hydrogen) atoms. The van der Waals surface area contributed by atoms with Crippen molar-refractivity contribution in [1.29, 1.82) is 0 Å². The van der Waals surface area contributed by atoms with Gasteiger partial charge in [-0.2, -0.15) is 0 Å². The lowest BCUT2D eigenvalue weighted by Crippen LogP contribution is -2.55. The Labute approximate surface area is 242 Å². The molecule has 0 aliphatic carbocycles. The van der Waals surface area contributed by atoms with E-state index in [0.717, 1.165) is 16.8 Å². The normalized spacial score (nSPS) is 11.4. The van der Waals surface area contributed by atoms with Crippen molar-refractivity contribution < 1.29 is 0 Å². The lowest BCUT2D eigenvalue weighted by molar-refractivity contribution is 1.40. The third kappa shape index (κ3) is 4.23. The molecule has 6 aromatic carbocycles. The Morgan fingerprint density at radius 2 is 1.07 bits per heavy atom. The van der Waals surface area contributed by atoms with Crippen LogP contribution in [0.15, 0.2) is 121 Å². The SMILES string of the molecule is Cc1cccc(C)c1B(c1cccc(-c2nc3ccccc3c3c2ccc2ccccc23)c1)c1c(C)cccc1C. The Bertz CT molecular complexity index is 2000. The van der Waals surface area contributed by atoms with Gasteiger partial charge < -0.3 is 0 Å². The molecule has 0 aliphatic heterocycles. The molecule has 0 fully saturated rings. The number of pyridine rings is 1. The van der Waals surface area contributed by atoms with Crippen molar-refractivity contribution in [3.8, 4) is 11.3 Å². The Morgan fingerprint density at radius 1 is 0.488 bits per heavy atom. The monoisotopic (exact) mass is 525 g/mol. The van der Waals surface area contributed by atoms with Crippen LogP contribution in [0.4, 0.5) is 0 Å². The number of hydrogen-bond donors (Lipinski definition) is 0. The van der Waals surface area contributed by atoms with Crippen LogP contribution in [-0.4, -0.2) is 11.7 Å². The first-order valence-electron chi connectivity index (χ1n) is 14.4. The van der Waals surface area contributed by atoms with Crippen molar-refractivity contribution in [1.82, 2.24) is 4.98 Å². The van der Waals surface area contributed by atoms with Crippen molar-refractivity contribution in [2.75, 3.05) is 0 Å². The topological polar surface area (TPSA) is 12.9 Å². The number of fused-ring (bicyclic) bond motifs is 5. The molecule has 196 valence electrons. The highest BCUT2D eigenvalue weighted by Crippen LogP contribution is 2.36. The maximum atomic E-state index is 5.30. The van der Waals surface area contributed by atoms with Crippen molar-refractivity contribution in [3.05, 3.63) is 144 Å². The van der Waals surface area contributed by atoms with Gasteiger partial charge in [0.2, 0.25) is 6.71 Å². The molecule has 0 unspecified atom stereocenters. The van der Waals surface area contributed by atoms with Gasteiger partial charge in [-0.15, -0.1) is 0 Å². The molecule has 0 saturated carbocycles. The zero-order chi connectivity index (χ0) is 28.1. The van der Waals surface area contributed by atoms with Crippen molar-refractivity contribution in [2.24, 2.45) is 0 Å². The summed E-state index contributed by atoms with van der Waals surface area (Å²) in [5.41, 5.74) is 12.6. The molecule has 1 aromatic heterocycles. The number of benzene rings is 6. The first kappa shape index (κ1) is 25.3. The van der Waals surface area contributed by atoms with Crippen LogP contribution in [0.5, 0.6) is 0 Å². The van der Waals surface area contributed by atoms with E-state index in [9.17, 15) is 0 Å². The minimum absolute atomic E-state index is 0.130. The Kier molecular flexibility index (Phi) is 6.20. The molecule has 0 bridgehead atoms. The van der Waals surface area contributed by atoms with Crippen molar-refractivity contribution in [2.45, 2.75) is 27.7 Å². The maximum absolute atomic E-state index is 5.30. The summed E-state index contributed by atoms with van der Waals surface area (Å²) in [5, 5.41) is 6.18. The summed E-state index contributed by atoms with van der Waals surface area (Å²) in [7, 11) is 0. The van der Waals surface area contributed by atoms with Crippen LogP contribution in [0.25, 0.3) is 43.7 Å². The number of para-hydroxylation sites is 1. The molecular formula is C39H32BN. The molecule has 0 aliphatic rings. The highest BCUT2D eigenvalue weighted by Gasteiger charge is 2.28. The van der Waals surface area contributed by atoms with Gasteiger partial charge in [0.05, 0.1) is 11.2 Å². The molecule has 7 rings (SSSR count). The smallest absolute Gasteiger partial charge is 0.242 e. The number of nitrogens with zero attached hydrogens (tertiary/aromatic N) is 1. The molecule has 1 heterocycles. The Balaban J connectivity index is 1.53. The van der Waals surface area contributed by atoms with Gasteiger partial charge in [-0.25, -0.2) is 4.98 Å². The minimum atomic E-state index is 0.130. The molecule has 0 saturated heterocycles. The van der Waals surface area contributed by atoms with Gasteiger partial charge in [-0.3, -0.25) is 0 Å². The summed E-state index contributed by atoms with van der Waals surface area (Å²) in [6.45, 7) is 9.11. The Morgan fingerprint density at radius 3 is 1.76 bits per heavy atom. The lowest BCUT2D eigenvalue weighted by Gasteiger charge is -2.24. The van der Waals surface area contributed by atoms with E-state index in [2.05, 4.69) is 149 Å². The predicted octanol–water partition coefficient (Wildman–Crippen LogP) is 7.96. The summed E-state index contributed by atoms with van der Waals surface area (Å²) in [4.78, 5) is 5.30. The molecule has 0 radical (unpaired) electrons. The standard InChI is InChI=1S/C39H32BN/c1-25-12-9-13-26(2)37(25)40(38-27(3)14-10-15-28(38)4)31-18-11-17-30(24-31)39-34-23-22-29-16-5-6-19-32(29)36(34)33-20-7-8-21-35(33)41-39/h5-24H,1-4H3. The first-order valence-corrected chi connectivity index (χ1v) is 14.4. The second-order valence-corrected chi connectivity index (χ2v) is 11.4. The van der Waals surface area contributed by atoms with Crippen LogP contribution in [-0.2, 0) is 0 Å². The number of aryl methyl sites for hydroxylation is 4. The average molecular weight is 526 g/mol. The molecule has 0 atom stereocenters. The quantitative estimate of drug-likeness (QED) is 0.168. The summed E-state index contributed by atoms with van der Waals surface area (Å²) < 4.78 is 0. The van der Waals surface area contributed by atoms with Crippen LogP contribution in [0.3, 0.4) is 0 Å². The lowest BCUT2D eigenvalue weighted by atomic mass is 9.34. The van der Waals surface area contributed by atoms with E-state index in [1.54, 1.807) is 0 Å². The predicted molar refractivity (Wildman–Crippen MR) is 179 cm³/mol. The third-order valence-electron chi connectivity index (χ3n) is 8.74. The van der Waals surface area contributed by atoms with Gasteiger partial charge in [0.1, 0.15) is 0 Å². The van der Waals surface area contributed by atoms with Crippen LogP contribution >= 0.6 is 0 Å². The van der Waals surface area contributed by atoms with Gasteiger partial charge >= 0.3 is 0 Å². The average Bonchev–Trinajstić information content (AvgIpc) is 2.99.